The zero-order valence-electron chi connectivity index (χ0n) is 16.2. The van der Waals surface area contributed by atoms with Gasteiger partial charge in [-0.1, -0.05) is 41.0 Å². The molecule has 0 radical (unpaired) electrons. The number of nitrogens with one attached hydrogen (secondary N) is 1. The number of carbonyl (C=O) groups excluding carboxylic acids is 1. The molecule has 3 aromatic rings. The third kappa shape index (κ3) is 5.00. The molecule has 1 aliphatic heterocycles. The molecule has 0 saturated carbocycles. The summed E-state index contributed by atoms with van der Waals surface area (Å²) in [6.07, 6.45) is 2.21. The van der Waals surface area contributed by atoms with Gasteiger partial charge in [-0.25, -0.2) is 0 Å². The summed E-state index contributed by atoms with van der Waals surface area (Å²) < 4.78 is 7.88. The molecule has 1 aliphatic rings. The first kappa shape index (κ1) is 21.6. The largest absolute Gasteiger partial charge is 0.376 e. The van der Waals surface area contributed by atoms with Crippen molar-refractivity contribution in [1.29, 1.82) is 0 Å². The number of nitrogens with zero attached hydrogens (tertiary/aromatic N) is 3. The van der Waals surface area contributed by atoms with Gasteiger partial charge in [0.05, 0.1) is 33.5 Å². The Morgan fingerprint density at radius 3 is 2.97 bits per heavy atom. The highest BCUT2D eigenvalue weighted by Gasteiger charge is 2.25. The van der Waals surface area contributed by atoms with Gasteiger partial charge in [0.1, 0.15) is 0 Å². The minimum absolute atomic E-state index is 0.135. The predicted molar refractivity (Wildman–Crippen MR) is 123 cm³/mol. The van der Waals surface area contributed by atoms with Crippen LogP contribution in [0.2, 0.25) is 10.0 Å². The van der Waals surface area contributed by atoms with E-state index in [2.05, 4.69) is 20.1 Å². The van der Waals surface area contributed by atoms with Crippen LogP contribution in [0.4, 0.5) is 5.69 Å². The summed E-state index contributed by atoms with van der Waals surface area (Å²) in [4.78, 5) is 13.8. The molecule has 30 heavy (non-hydrogen) atoms. The van der Waals surface area contributed by atoms with Crippen molar-refractivity contribution in [2.75, 3.05) is 11.9 Å². The highest BCUT2D eigenvalue weighted by molar-refractivity contribution is 8.00. The number of anilines is 1. The quantitative estimate of drug-likeness (QED) is 0.443. The molecule has 1 saturated heterocycles. The van der Waals surface area contributed by atoms with Gasteiger partial charge in [-0.05, 0) is 49.4 Å². The van der Waals surface area contributed by atoms with Gasteiger partial charge in [0.2, 0.25) is 5.91 Å². The van der Waals surface area contributed by atoms with E-state index < -0.39 is 5.25 Å². The first-order chi connectivity index (χ1) is 14.5. The fraction of sp³-hybridized carbons (Fsp3) is 0.350. The number of rotatable bonds is 7. The zero-order chi connectivity index (χ0) is 21.1. The molecule has 2 atom stereocenters. The fourth-order valence-corrected chi connectivity index (χ4v) is 5.19. The van der Waals surface area contributed by atoms with E-state index in [-0.39, 0.29) is 12.0 Å². The molecule has 1 aromatic carbocycles. The van der Waals surface area contributed by atoms with Crippen LogP contribution < -0.4 is 5.32 Å². The minimum Gasteiger partial charge on any atom is -0.376 e. The van der Waals surface area contributed by atoms with Crippen molar-refractivity contribution in [2.24, 2.45) is 0 Å². The smallest absolute Gasteiger partial charge is 0.237 e. The molecule has 6 nitrogen and oxygen atoms in total. The maximum atomic E-state index is 12.7. The first-order valence-corrected chi connectivity index (χ1v) is 12.0. The molecule has 0 bridgehead atoms. The number of thioether (sulfide) groups is 1. The molecular formula is C20H20Cl2N4O2S2. The zero-order valence-corrected chi connectivity index (χ0v) is 19.3. The van der Waals surface area contributed by atoms with Gasteiger partial charge < -0.3 is 10.1 Å². The molecule has 10 heteroatoms. The van der Waals surface area contributed by atoms with Crippen LogP contribution in [0.25, 0.3) is 10.7 Å². The van der Waals surface area contributed by atoms with Gasteiger partial charge in [0.15, 0.2) is 11.0 Å². The SMILES string of the molecule is CC(Sc1nnc(-c2cccs2)n1CC1CCCO1)C(=O)Nc1ccc(Cl)cc1Cl. The summed E-state index contributed by atoms with van der Waals surface area (Å²) in [5, 5.41) is 14.8. The Morgan fingerprint density at radius 2 is 2.27 bits per heavy atom. The molecular weight excluding hydrogens is 463 g/mol. The predicted octanol–water partition coefficient (Wildman–Crippen LogP) is 5.61. The lowest BCUT2D eigenvalue weighted by molar-refractivity contribution is -0.115. The summed E-state index contributed by atoms with van der Waals surface area (Å²) in [5.74, 6) is 0.630. The number of hydrogen-bond donors (Lipinski definition) is 1. The van der Waals surface area contributed by atoms with Gasteiger partial charge >= 0.3 is 0 Å². The third-order valence-corrected chi connectivity index (χ3v) is 7.20. The molecule has 1 amide bonds. The monoisotopic (exact) mass is 482 g/mol. The van der Waals surface area contributed by atoms with Crippen molar-refractivity contribution >= 4 is 57.9 Å². The second-order valence-electron chi connectivity index (χ2n) is 6.90. The molecule has 1 fully saturated rings. The number of ether oxygens (including phenoxy) is 1. The molecule has 1 N–H and O–H groups in total. The highest BCUT2D eigenvalue weighted by Crippen LogP contribution is 2.32. The molecule has 2 aromatic heterocycles. The topological polar surface area (TPSA) is 69.0 Å². The lowest BCUT2D eigenvalue weighted by atomic mass is 10.2. The van der Waals surface area contributed by atoms with Gasteiger partial charge in [0, 0.05) is 11.6 Å². The Labute approximate surface area is 192 Å². The van der Waals surface area contributed by atoms with Gasteiger partial charge in [-0.15, -0.1) is 21.5 Å². The van der Waals surface area contributed by atoms with Crippen LogP contribution in [0, 0.1) is 0 Å². The number of halogens is 2. The van der Waals surface area contributed by atoms with Crippen molar-refractivity contribution in [2.45, 2.75) is 42.8 Å². The van der Waals surface area contributed by atoms with E-state index in [1.165, 1.54) is 11.8 Å². The van der Waals surface area contributed by atoms with Crippen LogP contribution in [-0.4, -0.2) is 38.6 Å². The average Bonchev–Trinajstić information content (AvgIpc) is 3.47. The second-order valence-corrected chi connectivity index (χ2v) is 10.0. The van der Waals surface area contributed by atoms with E-state index in [9.17, 15) is 4.79 Å². The molecule has 158 valence electrons. The van der Waals surface area contributed by atoms with Crippen molar-refractivity contribution in [3.8, 4) is 10.7 Å². The van der Waals surface area contributed by atoms with E-state index in [4.69, 9.17) is 27.9 Å². The standard InChI is InChI=1S/C20H20Cl2N4O2S2/c1-12(19(27)23-16-7-6-13(21)10-15(16)22)30-20-25-24-18(17-5-3-9-29-17)26(20)11-14-4-2-8-28-14/h3,5-7,9-10,12,14H,2,4,8,11H2,1H3,(H,23,27). The van der Waals surface area contributed by atoms with E-state index in [1.54, 1.807) is 29.5 Å². The normalized spacial score (nSPS) is 17.2. The van der Waals surface area contributed by atoms with Crippen LogP contribution in [0.1, 0.15) is 19.8 Å². The highest BCUT2D eigenvalue weighted by atomic mass is 35.5. The Morgan fingerprint density at radius 1 is 1.40 bits per heavy atom. The van der Waals surface area contributed by atoms with Crippen molar-refractivity contribution in [1.82, 2.24) is 14.8 Å². The Hall–Kier alpha value is -1.58. The minimum atomic E-state index is -0.402. The molecule has 3 heterocycles. The summed E-state index contributed by atoms with van der Waals surface area (Å²) >= 11 is 15.1. The number of amides is 1. The summed E-state index contributed by atoms with van der Waals surface area (Å²) in [6, 6.07) is 8.99. The number of thiophene rings is 1. The van der Waals surface area contributed by atoms with Crippen molar-refractivity contribution in [3.63, 3.8) is 0 Å². The second kappa shape index (κ2) is 9.70. The van der Waals surface area contributed by atoms with Crippen LogP contribution in [0.5, 0.6) is 0 Å². The Balaban J connectivity index is 1.52. The maximum absolute atomic E-state index is 12.7. The van der Waals surface area contributed by atoms with E-state index in [0.717, 1.165) is 30.2 Å². The third-order valence-electron chi connectivity index (χ3n) is 4.71. The summed E-state index contributed by atoms with van der Waals surface area (Å²) in [5.41, 5.74) is 0.526. The lowest BCUT2D eigenvalue weighted by Crippen LogP contribution is -2.23. The number of benzene rings is 1. The lowest BCUT2D eigenvalue weighted by Gasteiger charge is -2.16. The van der Waals surface area contributed by atoms with E-state index >= 15 is 0 Å². The van der Waals surface area contributed by atoms with E-state index in [1.807, 2.05) is 24.4 Å². The van der Waals surface area contributed by atoms with Crippen LogP contribution in [-0.2, 0) is 16.1 Å². The Kier molecular flexibility index (Phi) is 7.00. The van der Waals surface area contributed by atoms with E-state index in [0.29, 0.717) is 27.4 Å². The number of aromatic nitrogens is 3. The molecule has 0 aliphatic carbocycles. The van der Waals surface area contributed by atoms with Crippen LogP contribution >= 0.6 is 46.3 Å². The summed E-state index contributed by atoms with van der Waals surface area (Å²) in [6.45, 7) is 3.28. The van der Waals surface area contributed by atoms with Crippen molar-refractivity contribution < 1.29 is 9.53 Å². The average molecular weight is 483 g/mol. The summed E-state index contributed by atoms with van der Waals surface area (Å²) in [7, 11) is 0. The van der Waals surface area contributed by atoms with Crippen molar-refractivity contribution in [3.05, 3.63) is 45.8 Å². The maximum Gasteiger partial charge on any atom is 0.237 e. The van der Waals surface area contributed by atoms with Crippen LogP contribution in [0.3, 0.4) is 0 Å². The number of hydrogen-bond acceptors (Lipinski definition) is 6. The molecule has 0 spiro atoms. The van der Waals surface area contributed by atoms with Gasteiger partial charge in [0.25, 0.3) is 0 Å². The molecule has 2 unspecified atom stereocenters. The fourth-order valence-electron chi connectivity index (χ4n) is 3.16. The molecule has 4 rings (SSSR count). The first-order valence-electron chi connectivity index (χ1n) is 9.52. The Bertz CT molecular complexity index is 1020. The van der Waals surface area contributed by atoms with Gasteiger partial charge in [-0.3, -0.25) is 9.36 Å². The van der Waals surface area contributed by atoms with Crippen LogP contribution in [0.15, 0.2) is 40.9 Å². The number of carbonyl (C=O) groups is 1. The van der Waals surface area contributed by atoms with Gasteiger partial charge in [-0.2, -0.15) is 0 Å².